The van der Waals surface area contributed by atoms with Crippen LogP contribution in [0.4, 0.5) is 0 Å². The maximum Gasteiger partial charge on any atom is 0.251 e. The van der Waals surface area contributed by atoms with Crippen LogP contribution in [0, 0.1) is 0 Å². The Hall–Kier alpha value is -2.61. The van der Waals surface area contributed by atoms with Crippen molar-refractivity contribution in [2.75, 3.05) is 0 Å². The van der Waals surface area contributed by atoms with E-state index in [0.717, 1.165) is 22.3 Å². The SMILES string of the molecule is O=C1NCc2ccc(-c3ccc4ccccc4c3)cc21. The van der Waals surface area contributed by atoms with Crippen LogP contribution in [0.2, 0.25) is 0 Å². The van der Waals surface area contributed by atoms with E-state index >= 15 is 0 Å². The van der Waals surface area contributed by atoms with Crippen molar-refractivity contribution < 1.29 is 4.79 Å². The second kappa shape index (κ2) is 4.20. The molecule has 1 aliphatic heterocycles. The molecule has 0 aliphatic carbocycles. The highest BCUT2D eigenvalue weighted by Crippen LogP contribution is 2.27. The van der Waals surface area contributed by atoms with Gasteiger partial charge in [0.15, 0.2) is 0 Å². The van der Waals surface area contributed by atoms with Gasteiger partial charge in [0.05, 0.1) is 0 Å². The Morgan fingerprint density at radius 1 is 0.800 bits per heavy atom. The van der Waals surface area contributed by atoms with Crippen LogP contribution in [0.15, 0.2) is 60.7 Å². The topological polar surface area (TPSA) is 29.1 Å². The molecular formula is C18H13NO. The fourth-order valence-corrected chi connectivity index (χ4v) is 2.76. The van der Waals surface area contributed by atoms with Gasteiger partial charge < -0.3 is 5.32 Å². The Morgan fingerprint density at radius 3 is 2.45 bits per heavy atom. The Bertz CT molecular complexity index is 836. The van der Waals surface area contributed by atoms with Gasteiger partial charge in [-0.05, 0) is 39.6 Å². The highest BCUT2D eigenvalue weighted by molar-refractivity contribution is 5.99. The lowest BCUT2D eigenvalue weighted by Gasteiger charge is -2.06. The number of carbonyl (C=O) groups excluding carboxylic acids is 1. The molecule has 20 heavy (non-hydrogen) atoms. The highest BCUT2D eigenvalue weighted by Gasteiger charge is 2.18. The minimum absolute atomic E-state index is 0.0302. The van der Waals surface area contributed by atoms with Gasteiger partial charge in [0.2, 0.25) is 0 Å². The van der Waals surface area contributed by atoms with Crippen molar-refractivity contribution in [1.82, 2.24) is 5.32 Å². The maximum atomic E-state index is 11.8. The quantitative estimate of drug-likeness (QED) is 0.708. The molecule has 2 nitrogen and oxygen atoms in total. The number of hydrogen-bond donors (Lipinski definition) is 1. The van der Waals surface area contributed by atoms with E-state index in [-0.39, 0.29) is 5.91 Å². The molecule has 0 bridgehead atoms. The largest absolute Gasteiger partial charge is 0.348 e. The normalized spacial score (nSPS) is 13.3. The van der Waals surface area contributed by atoms with Crippen LogP contribution in [-0.4, -0.2) is 5.91 Å². The Kier molecular flexibility index (Phi) is 2.36. The van der Waals surface area contributed by atoms with Gasteiger partial charge in [-0.15, -0.1) is 0 Å². The molecule has 4 rings (SSSR count). The van der Waals surface area contributed by atoms with Crippen LogP contribution in [-0.2, 0) is 6.54 Å². The average Bonchev–Trinajstić information content (AvgIpc) is 2.88. The van der Waals surface area contributed by atoms with Crippen molar-refractivity contribution in [2.24, 2.45) is 0 Å². The molecule has 0 fully saturated rings. The summed E-state index contributed by atoms with van der Waals surface area (Å²) in [4.78, 5) is 11.8. The fraction of sp³-hybridized carbons (Fsp3) is 0.0556. The zero-order valence-electron chi connectivity index (χ0n) is 10.9. The molecule has 1 amide bonds. The summed E-state index contributed by atoms with van der Waals surface area (Å²) in [6, 6.07) is 20.8. The minimum atomic E-state index is 0.0302. The van der Waals surface area contributed by atoms with E-state index in [2.05, 4.69) is 41.7 Å². The Labute approximate surface area is 117 Å². The van der Waals surface area contributed by atoms with Gasteiger partial charge in [0.1, 0.15) is 0 Å². The molecule has 3 aromatic carbocycles. The number of amides is 1. The molecule has 0 radical (unpaired) electrons. The Balaban J connectivity index is 1.87. The predicted octanol–water partition coefficient (Wildman–Crippen LogP) is 3.75. The van der Waals surface area contributed by atoms with Gasteiger partial charge in [0.25, 0.3) is 5.91 Å². The van der Waals surface area contributed by atoms with Crippen molar-refractivity contribution >= 4 is 16.7 Å². The van der Waals surface area contributed by atoms with Crippen molar-refractivity contribution in [1.29, 1.82) is 0 Å². The van der Waals surface area contributed by atoms with Gasteiger partial charge in [0, 0.05) is 12.1 Å². The number of benzene rings is 3. The second-order valence-electron chi connectivity index (χ2n) is 5.12. The van der Waals surface area contributed by atoms with E-state index in [1.807, 2.05) is 24.3 Å². The molecular weight excluding hydrogens is 246 g/mol. The summed E-state index contributed by atoms with van der Waals surface area (Å²) < 4.78 is 0. The summed E-state index contributed by atoms with van der Waals surface area (Å²) >= 11 is 0. The zero-order chi connectivity index (χ0) is 13.5. The van der Waals surface area contributed by atoms with Crippen LogP contribution in [0.25, 0.3) is 21.9 Å². The molecule has 0 aromatic heterocycles. The molecule has 2 heteroatoms. The van der Waals surface area contributed by atoms with Crippen LogP contribution in [0.5, 0.6) is 0 Å². The average molecular weight is 259 g/mol. The molecule has 1 aliphatic rings. The first-order valence-electron chi connectivity index (χ1n) is 6.71. The lowest BCUT2D eigenvalue weighted by atomic mass is 9.98. The minimum Gasteiger partial charge on any atom is -0.348 e. The molecule has 0 spiro atoms. The summed E-state index contributed by atoms with van der Waals surface area (Å²) in [7, 11) is 0. The summed E-state index contributed by atoms with van der Waals surface area (Å²) in [5, 5.41) is 5.30. The van der Waals surface area contributed by atoms with Crippen molar-refractivity contribution in [3.8, 4) is 11.1 Å². The van der Waals surface area contributed by atoms with Crippen LogP contribution in [0.3, 0.4) is 0 Å². The van der Waals surface area contributed by atoms with Crippen LogP contribution < -0.4 is 5.32 Å². The molecule has 96 valence electrons. The number of fused-ring (bicyclic) bond motifs is 2. The molecule has 0 unspecified atom stereocenters. The first kappa shape index (κ1) is 11.2. The van der Waals surface area contributed by atoms with Gasteiger partial charge in [-0.2, -0.15) is 0 Å². The molecule has 1 heterocycles. The first-order valence-corrected chi connectivity index (χ1v) is 6.71. The summed E-state index contributed by atoms with van der Waals surface area (Å²) in [6.07, 6.45) is 0. The zero-order valence-corrected chi connectivity index (χ0v) is 10.9. The van der Waals surface area contributed by atoms with E-state index in [1.54, 1.807) is 0 Å². The fourth-order valence-electron chi connectivity index (χ4n) is 2.76. The van der Waals surface area contributed by atoms with Crippen molar-refractivity contribution in [3.05, 3.63) is 71.8 Å². The molecule has 1 N–H and O–H groups in total. The van der Waals surface area contributed by atoms with Gasteiger partial charge in [-0.1, -0.05) is 48.5 Å². The van der Waals surface area contributed by atoms with E-state index < -0.39 is 0 Å². The maximum absolute atomic E-state index is 11.8. The summed E-state index contributed by atoms with van der Waals surface area (Å²) in [5.74, 6) is 0.0302. The van der Waals surface area contributed by atoms with E-state index in [1.165, 1.54) is 10.8 Å². The molecule has 0 saturated carbocycles. The smallest absolute Gasteiger partial charge is 0.251 e. The van der Waals surface area contributed by atoms with Gasteiger partial charge in [-0.25, -0.2) is 0 Å². The van der Waals surface area contributed by atoms with Gasteiger partial charge >= 0.3 is 0 Å². The van der Waals surface area contributed by atoms with Crippen molar-refractivity contribution in [3.63, 3.8) is 0 Å². The monoisotopic (exact) mass is 259 g/mol. The lowest BCUT2D eigenvalue weighted by Crippen LogP contribution is -2.12. The number of carbonyl (C=O) groups is 1. The van der Waals surface area contributed by atoms with Crippen molar-refractivity contribution in [2.45, 2.75) is 6.54 Å². The number of rotatable bonds is 1. The van der Waals surface area contributed by atoms with Crippen LogP contribution in [0.1, 0.15) is 15.9 Å². The molecule has 0 saturated heterocycles. The molecule has 3 aromatic rings. The lowest BCUT2D eigenvalue weighted by molar-refractivity contribution is 0.0966. The summed E-state index contributed by atoms with van der Waals surface area (Å²) in [5.41, 5.74) is 4.12. The predicted molar refractivity (Wildman–Crippen MR) is 80.6 cm³/mol. The van der Waals surface area contributed by atoms with E-state index in [0.29, 0.717) is 6.54 Å². The number of nitrogens with one attached hydrogen (secondary N) is 1. The number of hydrogen-bond acceptors (Lipinski definition) is 1. The highest BCUT2D eigenvalue weighted by atomic mass is 16.1. The third-order valence-electron chi connectivity index (χ3n) is 3.88. The standard InChI is InChI=1S/C18H13NO/c20-18-17-10-15(7-8-16(17)11-19-18)14-6-5-12-3-1-2-4-13(12)9-14/h1-10H,11H2,(H,19,20). The Morgan fingerprint density at radius 2 is 1.55 bits per heavy atom. The first-order chi connectivity index (χ1) is 9.81. The van der Waals surface area contributed by atoms with Crippen LogP contribution >= 0.6 is 0 Å². The third kappa shape index (κ3) is 1.69. The van der Waals surface area contributed by atoms with E-state index in [9.17, 15) is 4.79 Å². The molecule has 0 atom stereocenters. The third-order valence-corrected chi connectivity index (χ3v) is 3.88. The van der Waals surface area contributed by atoms with Gasteiger partial charge in [-0.3, -0.25) is 4.79 Å². The van der Waals surface area contributed by atoms with E-state index in [4.69, 9.17) is 0 Å². The summed E-state index contributed by atoms with van der Waals surface area (Å²) in [6.45, 7) is 0.645. The second-order valence-corrected chi connectivity index (χ2v) is 5.12.